The summed E-state index contributed by atoms with van der Waals surface area (Å²) in [6, 6.07) is 6.38. The van der Waals surface area contributed by atoms with Crippen molar-refractivity contribution in [3.05, 3.63) is 30.0 Å². The van der Waals surface area contributed by atoms with Crippen molar-refractivity contribution in [3.63, 3.8) is 0 Å². The SMILES string of the molecule is CN(C[C@H]1CCCN2CCCC[C@H]12)C(=O)c1cn[nH]c1-c1ccc2c(c1)OCCO2. The lowest BCUT2D eigenvalue weighted by atomic mass is 9.83. The van der Waals surface area contributed by atoms with E-state index in [0.29, 0.717) is 36.5 Å². The molecule has 0 radical (unpaired) electrons. The van der Waals surface area contributed by atoms with Crippen LogP contribution in [0.5, 0.6) is 11.5 Å². The van der Waals surface area contributed by atoms with Gasteiger partial charge < -0.3 is 19.3 Å². The first-order valence-electron chi connectivity index (χ1n) is 11.1. The van der Waals surface area contributed by atoms with Crippen LogP contribution in [0.4, 0.5) is 0 Å². The molecule has 1 N–H and O–H groups in total. The molecule has 0 saturated carbocycles. The average molecular weight is 411 g/mol. The number of piperidine rings is 2. The van der Waals surface area contributed by atoms with Crippen molar-refractivity contribution in [2.24, 2.45) is 5.92 Å². The van der Waals surface area contributed by atoms with E-state index in [2.05, 4.69) is 15.1 Å². The lowest BCUT2D eigenvalue weighted by molar-refractivity contribution is 0.0403. The number of H-pyrrole nitrogens is 1. The monoisotopic (exact) mass is 410 g/mol. The second-order valence-electron chi connectivity index (χ2n) is 8.70. The normalized spacial score (nSPS) is 23.6. The minimum absolute atomic E-state index is 0.0153. The van der Waals surface area contributed by atoms with Gasteiger partial charge in [0.1, 0.15) is 13.2 Å². The third-order valence-electron chi connectivity index (χ3n) is 6.78. The van der Waals surface area contributed by atoms with E-state index in [1.807, 2.05) is 30.1 Å². The van der Waals surface area contributed by atoms with Gasteiger partial charge in [-0.3, -0.25) is 9.89 Å². The number of fused-ring (bicyclic) bond motifs is 2. The van der Waals surface area contributed by atoms with Crippen molar-refractivity contribution in [2.45, 2.75) is 38.1 Å². The zero-order chi connectivity index (χ0) is 20.5. The van der Waals surface area contributed by atoms with Crippen molar-refractivity contribution in [2.75, 3.05) is 39.9 Å². The molecule has 2 saturated heterocycles. The van der Waals surface area contributed by atoms with Crippen LogP contribution in [0.25, 0.3) is 11.3 Å². The Morgan fingerprint density at radius 3 is 2.90 bits per heavy atom. The van der Waals surface area contributed by atoms with E-state index in [-0.39, 0.29) is 5.91 Å². The fourth-order valence-corrected chi connectivity index (χ4v) is 5.30. The maximum Gasteiger partial charge on any atom is 0.257 e. The molecule has 2 fully saturated rings. The summed E-state index contributed by atoms with van der Waals surface area (Å²) in [6.07, 6.45) is 7.97. The molecule has 1 aromatic carbocycles. The van der Waals surface area contributed by atoms with Crippen LogP contribution in [0.15, 0.2) is 24.4 Å². The lowest BCUT2D eigenvalue weighted by Gasteiger charge is -2.45. The quantitative estimate of drug-likeness (QED) is 0.838. The number of amides is 1. The van der Waals surface area contributed by atoms with E-state index in [9.17, 15) is 4.79 Å². The summed E-state index contributed by atoms with van der Waals surface area (Å²) < 4.78 is 11.3. The van der Waals surface area contributed by atoms with Crippen LogP contribution in [0.3, 0.4) is 0 Å². The number of aromatic amines is 1. The molecular weight excluding hydrogens is 380 g/mol. The van der Waals surface area contributed by atoms with Crippen molar-refractivity contribution >= 4 is 5.91 Å². The minimum Gasteiger partial charge on any atom is -0.486 e. The molecule has 7 heteroatoms. The van der Waals surface area contributed by atoms with Crippen molar-refractivity contribution in [1.82, 2.24) is 20.0 Å². The van der Waals surface area contributed by atoms with Gasteiger partial charge in [-0.25, -0.2) is 0 Å². The van der Waals surface area contributed by atoms with Crippen LogP contribution in [0.1, 0.15) is 42.5 Å². The number of nitrogens with one attached hydrogen (secondary N) is 1. The van der Waals surface area contributed by atoms with Gasteiger partial charge in [-0.15, -0.1) is 0 Å². The Morgan fingerprint density at radius 2 is 2.00 bits per heavy atom. The Balaban J connectivity index is 1.33. The highest BCUT2D eigenvalue weighted by Crippen LogP contribution is 2.35. The van der Waals surface area contributed by atoms with E-state index < -0.39 is 0 Å². The Morgan fingerprint density at radius 1 is 1.17 bits per heavy atom. The van der Waals surface area contributed by atoms with Gasteiger partial charge in [0.25, 0.3) is 5.91 Å². The summed E-state index contributed by atoms with van der Waals surface area (Å²) in [4.78, 5) is 17.9. The Kier molecular flexibility index (Phi) is 5.37. The number of ether oxygens (including phenoxy) is 2. The second kappa shape index (κ2) is 8.30. The van der Waals surface area contributed by atoms with Gasteiger partial charge in [-0.2, -0.15) is 5.10 Å². The van der Waals surface area contributed by atoms with Crippen molar-refractivity contribution in [3.8, 4) is 22.8 Å². The average Bonchev–Trinajstić information content (AvgIpc) is 3.28. The zero-order valence-electron chi connectivity index (χ0n) is 17.6. The first-order valence-corrected chi connectivity index (χ1v) is 11.1. The van der Waals surface area contributed by atoms with Gasteiger partial charge in [0.05, 0.1) is 17.5 Å². The standard InChI is InChI=1S/C23H30N4O3/c1-26(15-17-5-4-10-27-9-3-2-6-19(17)27)23(28)18-14-24-25-22(18)16-7-8-20-21(13-16)30-12-11-29-20/h7-8,13-14,17,19H,2-6,9-12,15H2,1H3,(H,24,25)/t17-,19-/m1/s1. The maximum absolute atomic E-state index is 13.3. The molecule has 30 heavy (non-hydrogen) atoms. The molecule has 160 valence electrons. The molecule has 1 amide bonds. The third-order valence-corrected chi connectivity index (χ3v) is 6.78. The number of benzene rings is 1. The number of carbonyl (C=O) groups excluding carboxylic acids is 1. The smallest absolute Gasteiger partial charge is 0.257 e. The van der Waals surface area contributed by atoms with Gasteiger partial charge >= 0.3 is 0 Å². The number of hydrogen-bond acceptors (Lipinski definition) is 5. The second-order valence-corrected chi connectivity index (χ2v) is 8.70. The van der Waals surface area contributed by atoms with E-state index in [4.69, 9.17) is 9.47 Å². The summed E-state index contributed by atoms with van der Waals surface area (Å²) in [5, 5.41) is 7.19. The fourth-order valence-electron chi connectivity index (χ4n) is 5.30. The Hall–Kier alpha value is -2.54. The summed E-state index contributed by atoms with van der Waals surface area (Å²) in [5.41, 5.74) is 2.21. The van der Waals surface area contributed by atoms with E-state index >= 15 is 0 Å². The fraction of sp³-hybridized carbons (Fsp3) is 0.565. The highest BCUT2D eigenvalue weighted by atomic mass is 16.6. The molecule has 0 bridgehead atoms. The number of carbonyl (C=O) groups is 1. The number of rotatable bonds is 4. The summed E-state index contributed by atoms with van der Waals surface area (Å²) in [7, 11) is 1.92. The van der Waals surface area contributed by atoms with Gasteiger partial charge in [-0.05, 0) is 62.9 Å². The van der Waals surface area contributed by atoms with E-state index in [1.165, 1.54) is 45.2 Å². The number of nitrogens with zero attached hydrogens (tertiary/aromatic N) is 3. The first kappa shape index (κ1) is 19.4. The number of aromatic nitrogens is 2. The van der Waals surface area contributed by atoms with Crippen molar-refractivity contribution in [1.29, 1.82) is 0 Å². The van der Waals surface area contributed by atoms with Crippen LogP contribution in [-0.2, 0) is 0 Å². The van der Waals surface area contributed by atoms with Crippen LogP contribution in [0.2, 0.25) is 0 Å². The van der Waals surface area contributed by atoms with Gasteiger partial charge in [0, 0.05) is 25.2 Å². The van der Waals surface area contributed by atoms with E-state index in [1.54, 1.807) is 6.20 Å². The zero-order valence-corrected chi connectivity index (χ0v) is 17.6. The minimum atomic E-state index is 0.0153. The lowest BCUT2D eigenvalue weighted by Crippen LogP contribution is -2.51. The molecule has 0 unspecified atom stereocenters. The molecule has 4 heterocycles. The third kappa shape index (κ3) is 3.67. The van der Waals surface area contributed by atoms with Crippen LogP contribution in [0, 0.1) is 5.92 Å². The predicted octanol–water partition coefficient (Wildman–Crippen LogP) is 3.18. The Labute approximate surface area is 177 Å². The van der Waals surface area contributed by atoms with Gasteiger partial charge in [0.15, 0.2) is 11.5 Å². The largest absolute Gasteiger partial charge is 0.486 e. The van der Waals surface area contributed by atoms with Gasteiger partial charge in [0.2, 0.25) is 0 Å². The molecule has 1 aromatic heterocycles. The highest BCUT2D eigenvalue weighted by molar-refractivity contribution is 5.99. The maximum atomic E-state index is 13.3. The summed E-state index contributed by atoms with van der Waals surface area (Å²) in [6.45, 7) is 4.33. The first-order chi connectivity index (χ1) is 14.7. The highest BCUT2D eigenvalue weighted by Gasteiger charge is 2.34. The summed E-state index contributed by atoms with van der Waals surface area (Å²) in [5.74, 6) is 2.02. The van der Waals surface area contributed by atoms with E-state index in [0.717, 1.165) is 23.6 Å². The molecular formula is C23H30N4O3. The van der Waals surface area contributed by atoms with Crippen LogP contribution >= 0.6 is 0 Å². The van der Waals surface area contributed by atoms with Crippen LogP contribution < -0.4 is 9.47 Å². The molecule has 3 aliphatic rings. The van der Waals surface area contributed by atoms with Crippen LogP contribution in [-0.4, -0.2) is 71.8 Å². The predicted molar refractivity (Wildman–Crippen MR) is 114 cm³/mol. The van der Waals surface area contributed by atoms with Gasteiger partial charge in [-0.1, -0.05) is 6.42 Å². The summed E-state index contributed by atoms with van der Waals surface area (Å²) >= 11 is 0. The molecule has 2 aromatic rings. The number of hydrogen-bond donors (Lipinski definition) is 1. The molecule has 2 atom stereocenters. The molecule has 0 aliphatic carbocycles. The molecule has 7 nitrogen and oxygen atoms in total. The topological polar surface area (TPSA) is 70.7 Å². The Bertz CT molecular complexity index is 910. The molecule has 3 aliphatic heterocycles. The molecule has 0 spiro atoms. The molecule has 5 rings (SSSR count). The van der Waals surface area contributed by atoms with Crippen molar-refractivity contribution < 1.29 is 14.3 Å².